The zero-order chi connectivity index (χ0) is 8.27. The van der Waals surface area contributed by atoms with Gasteiger partial charge in [0.15, 0.2) is 0 Å². The lowest BCUT2D eigenvalue weighted by Crippen LogP contribution is -1.87. The van der Waals surface area contributed by atoms with Gasteiger partial charge >= 0.3 is 0 Å². The quantitative estimate of drug-likeness (QED) is 0.477. The average Bonchev–Trinajstić information content (AvgIpc) is 1.98. The Labute approximate surface area is 72.8 Å². The molecule has 0 aliphatic rings. The van der Waals surface area contributed by atoms with E-state index < -0.39 is 5.95 Å². The molecule has 0 saturated carbocycles. The van der Waals surface area contributed by atoms with Gasteiger partial charge in [-0.15, -0.1) is 0 Å². The van der Waals surface area contributed by atoms with E-state index in [1.54, 1.807) is 13.0 Å². The third kappa shape index (κ3) is 2.02. The van der Waals surface area contributed by atoms with Crippen molar-refractivity contribution in [2.45, 2.75) is 6.92 Å². The Morgan fingerprint density at radius 2 is 2.27 bits per heavy atom. The highest BCUT2D eigenvalue weighted by Crippen LogP contribution is 2.12. The lowest BCUT2D eigenvalue weighted by atomic mass is 10.3. The molecule has 0 unspecified atom stereocenters. The molecule has 0 fully saturated rings. The van der Waals surface area contributed by atoms with Gasteiger partial charge in [-0.05, 0) is 40.9 Å². The highest BCUT2D eigenvalue weighted by Gasteiger charge is 1.98. The number of hydrogen-bond donors (Lipinski definition) is 0. The number of rotatable bonds is 0. The van der Waals surface area contributed by atoms with Crippen molar-refractivity contribution in [1.29, 1.82) is 0 Å². The summed E-state index contributed by atoms with van der Waals surface area (Å²) in [5.74, 6) is 4.80. The molecule has 1 nitrogen and oxygen atoms in total. The first kappa shape index (κ1) is 8.22. The van der Waals surface area contributed by atoms with Crippen LogP contribution in [-0.2, 0) is 0 Å². The molecule has 0 aliphatic carbocycles. The molecule has 0 radical (unpaired) electrons. The Hall–Kier alpha value is -0.880. The molecule has 3 heteroatoms. The van der Waals surface area contributed by atoms with Gasteiger partial charge in [0.05, 0.1) is 4.47 Å². The van der Waals surface area contributed by atoms with E-state index in [2.05, 4.69) is 32.8 Å². The molecule has 1 heterocycles. The van der Waals surface area contributed by atoms with Gasteiger partial charge in [-0.3, -0.25) is 0 Å². The van der Waals surface area contributed by atoms with E-state index in [-0.39, 0.29) is 0 Å². The molecule has 0 aliphatic heterocycles. The Balaban J connectivity index is 3.19. The minimum Gasteiger partial charge on any atom is -0.210 e. The molecule has 56 valence electrons. The second-order valence-corrected chi connectivity index (χ2v) is 2.69. The van der Waals surface area contributed by atoms with Crippen molar-refractivity contribution in [1.82, 2.24) is 4.98 Å². The van der Waals surface area contributed by atoms with Crippen LogP contribution in [-0.4, -0.2) is 4.98 Å². The molecule has 0 N–H and O–H groups in total. The van der Waals surface area contributed by atoms with Crippen LogP contribution in [0.4, 0.5) is 4.39 Å². The van der Waals surface area contributed by atoms with Gasteiger partial charge in [-0.25, -0.2) is 4.98 Å². The molecule has 0 spiro atoms. The van der Waals surface area contributed by atoms with Crippen molar-refractivity contribution in [2.75, 3.05) is 0 Å². The van der Waals surface area contributed by atoms with Gasteiger partial charge in [-0.1, -0.05) is 5.92 Å². The molecule has 0 bridgehead atoms. The first-order valence-corrected chi connectivity index (χ1v) is 3.78. The van der Waals surface area contributed by atoms with Gasteiger partial charge in [0.1, 0.15) is 5.69 Å². The first-order chi connectivity index (χ1) is 5.24. The summed E-state index contributed by atoms with van der Waals surface area (Å²) in [6, 6.07) is 2.87. The third-order valence-corrected chi connectivity index (χ3v) is 1.70. The summed E-state index contributed by atoms with van der Waals surface area (Å²) in [6.07, 6.45) is 0. The van der Waals surface area contributed by atoms with Crippen LogP contribution in [0.3, 0.4) is 0 Å². The fraction of sp³-hybridized carbons (Fsp3) is 0.125. The summed E-state index contributed by atoms with van der Waals surface area (Å²) in [5, 5.41) is 0. The summed E-state index contributed by atoms with van der Waals surface area (Å²) >= 11 is 3.20. The van der Waals surface area contributed by atoms with E-state index >= 15 is 0 Å². The maximum Gasteiger partial charge on any atom is 0.214 e. The van der Waals surface area contributed by atoms with Gasteiger partial charge in [-0.2, -0.15) is 4.39 Å². The van der Waals surface area contributed by atoms with E-state index in [0.717, 1.165) is 0 Å². The van der Waals surface area contributed by atoms with Crippen LogP contribution in [0.15, 0.2) is 16.6 Å². The minimum absolute atomic E-state index is 0.438. The fourth-order valence-electron chi connectivity index (χ4n) is 0.624. The van der Waals surface area contributed by atoms with E-state index in [1.807, 2.05) is 0 Å². The molecular weight excluding hydrogens is 209 g/mol. The van der Waals surface area contributed by atoms with Gasteiger partial charge in [0.2, 0.25) is 5.95 Å². The maximum absolute atomic E-state index is 12.5. The van der Waals surface area contributed by atoms with Crippen molar-refractivity contribution in [2.24, 2.45) is 0 Å². The smallest absolute Gasteiger partial charge is 0.210 e. The van der Waals surface area contributed by atoms with Crippen LogP contribution in [0.1, 0.15) is 12.6 Å². The lowest BCUT2D eigenvalue weighted by molar-refractivity contribution is 0.582. The summed E-state index contributed by atoms with van der Waals surface area (Å²) in [6.45, 7) is 1.68. The fourth-order valence-corrected chi connectivity index (χ4v) is 0.944. The van der Waals surface area contributed by atoms with Gasteiger partial charge in [0, 0.05) is 0 Å². The molecule has 11 heavy (non-hydrogen) atoms. The first-order valence-electron chi connectivity index (χ1n) is 2.99. The molecule has 0 amide bonds. The molecule has 0 aromatic carbocycles. The SMILES string of the molecule is CC#Cc1nc(F)ccc1Br. The number of hydrogen-bond acceptors (Lipinski definition) is 1. The molecular formula is C8H5BrFN. The van der Waals surface area contributed by atoms with Crippen LogP contribution < -0.4 is 0 Å². The molecule has 1 aromatic rings. The molecule has 1 aromatic heterocycles. The Kier molecular flexibility index (Phi) is 2.61. The third-order valence-electron chi connectivity index (χ3n) is 1.06. The van der Waals surface area contributed by atoms with Crippen LogP contribution in [0, 0.1) is 17.8 Å². The monoisotopic (exact) mass is 213 g/mol. The normalized spacial score (nSPS) is 8.64. The standard InChI is InChI=1S/C8H5BrFN/c1-2-3-7-6(9)4-5-8(10)11-7/h4-5H,1H3. The van der Waals surface area contributed by atoms with Crippen molar-refractivity contribution < 1.29 is 4.39 Å². The average molecular weight is 214 g/mol. The Morgan fingerprint density at radius 3 is 2.91 bits per heavy atom. The van der Waals surface area contributed by atoms with E-state index in [4.69, 9.17) is 0 Å². The van der Waals surface area contributed by atoms with E-state index in [1.165, 1.54) is 6.07 Å². The lowest BCUT2D eigenvalue weighted by Gasteiger charge is -1.93. The predicted octanol–water partition coefficient (Wildman–Crippen LogP) is 2.35. The van der Waals surface area contributed by atoms with E-state index in [9.17, 15) is 4.39 Å². The number of pyridine rings is 1. The van der Waals surface area contributed by atoms with Crippen molar-refractivity contribution in [3.63, 3.8) is 0 Å². The van der Waals surface area contributed by atoms with Crippen LogP contribution >= 0.6 is 15.9 Å². The van der Waals surface area contributed by atoms with Crippen molar-refractivity contribution in [3.05, 3.63) is 28.2 Å². The largest absolute Gasteiger partial charge is 0.214 e. The summed E-state index contributed by atoms with van der Waals surface area (Å²) in [7, 11) is 0. The van der Waals surface area contributed by atoms with Crippen LogP contribution in [0.2, 0.25) is 0 Å². The van der Waals surface area contributed by atoms with Crippen molar-refractivity contribution in [3.8, 4) is 11.8 Å². The minimum atomic E-state index is -0.508. The highest BCUT2D eigenvalue weighted by atomic mass is 79.9. The zero-order valence-electron chi connectivity index (χ0n) is 5.86. The van der Waals surface area contributed by atoms with Gasteiger partial charge in [0.25, 0.3) is 0 Å². The zero-order valence-corrected chi connectivity index (χ0v) is 7.44. The predicted molar refractivity (Wildman–Crippen MR) is 44.4 cm³/mol. The van der Waals surface area contributed by atoms with E-state index in [0.29, 0.717) is 10.2 Å². The maximum atomic E-state index is 12.5. The second-order valence-electron chi connectivity index (χ2n) is 1.84. The summed E-state index contributed by atoms with van der Waals surface area (Å²) < 4.78 is 13.2. The second kappa shape index (κ2) is 3.49. The molecule has 0 saturated heterocycles. The number of halogens is 2. The topological polar surface area (TPSA) is 12.9 Å². The Morgan fingerprint density at radius 1 is 1.55 bits per heavy atom. The molecule has 0 atom stereocenters. The van der Waals surface area contributed by atoms with Crippen LogP contribution in [0.5, 0.6) is 0 Å². The summed E-state index contributed by atoms with van der Waals surface area (Å²) in [5.41, 5.74) is 0.438. The number of nitrogens with zero attached hydrogens (tertiary/aromatic N) is 1. The highest BCUT2D eigenvalue weighted by molar-refractivity contribution is 9.10. The van der Waals surface area contributed by atoms with Crippen molar-refractivity contribution >= 4 is 15.9 Å². The van der Waals surface area contributed by atoms with Crippen LogP contribution in [0.25, 0.3) is 0 Å². The number of aromatic nitrogens is 1. The van der Waals surface area contributed by atoms with Gasteiger partial charge < -0.3 is 0 Å². The Bertz CT molecular complexity index is 325. The molecule has 1 rings (SSSR count). The summed E-state index contributed by atoms with van der Waals surface area (Å²) in [4.78, 5) is 3.58.